The first-order valence-electron chi connectivity index (χ1n) is 4.96. The van der Waals surface area contributed by atoms with Crippen LogP contribution in [0.15, 0.2) is 0 Å². The SMILES string of the molecule is COCC1CN(C)CC(OC)C1OC. The first-order valence-corrected chi connectivity index (χ1v) is 4.96. The van der Waals surface area contributed by atoms with Crippen molar-refractivity contribution in [1.82, 2.24) is 4.90 Å². The van der Waals surface area contributed by atoms with E-state index in [4.69, 9.17) is 14.2 Å². The fourth-order valence-corrected chi connectivity index (χ4v) is 2.21. The van der Waals surface area contributed by atoms with Crippen molar-refractivity contribution in [2.45, 2.75) is 12.2 Å². The van der Waals surface area contributed by atoms with Crippen molar-refractivity contribution < 1.29 is 14.2 Å². The largest absolute Gasteiger partial charge is 0.384 e. The molecule has 1 rings (SSSR count). The van der Waals surface area contributed by atoms with E-state index in [-0.39, 0.29) is 12.2 Å². The van der Waals surface area contributed by atoms with Crippen molar-refractivity contribution in [3.05, 3.63) is 0 Å². The highest BCUT2D eigenvalue weighted by Gasteiger charge is 2.35. The third-order valence-electron chi connectivity index (χ3n) is 2.82. The minimum Gasteiger partial charge on any atom is -0.384 e. The third-order valence-corrected chi connectivity index (χ3v) is 2.82. The molecule has 0 saturated carbocycles. The first-order chi connectivity index (χ1) is 6.72. The van der Waals surface area contributed by atoms with Crippen LogP contribution in [0.2, 0.25) is 0 Å². The Morgan fingerprint density at radius 2 is 1.86 bits per heavy atom. The molecule has 1 fully saturated rings. The predicted octanol–water partition coefficient (Wildman–Crippen LogP) is 0.224. The zero-order chi connectivity index (χ0) is 10.6. The lowest BCUT2D eigenvalue weighted by Gasteiger charge is -2.40. The molecule has 3 atom stereocenters. The van der Waals surface area contributed by atoms with Crippen LogP contribution in [0.5, 0.6) is 0 Å². The average molecular weight is 203 g/mol. The second-order valence-corrected chi connectivity index (χ2v) is 3.91. The quantitative estimate of drug-likeness (QED) is 0.654. The number of hydrogen-bond donors (Lipinski definition) is 0. The van der Waals surface area contributed by atoms with E-state index in [1.165, 1.54) is 0 Å². The number of piperidine rings is 1. The molecule has 0 bridgehead atoms. The molecule has 4 nitrogen and oxygen atoms in total. The number of hydrogen-bond acceptors (Lipinski definition) is 4. The Bertz CT molecular complexity index is 165. The van der Waals surface area contributed by atoms with E-state index < -0.39 is 0 Å². The topological polar surface area (TPSA) is 30.9 Å². The minimum absolute atomic E-state index is 0.149. The Morgan fingerprint density at radius 3 is 2.36 bits per heavy atom. The van der Waals surface area contributed by atoms with Crippen LogP contribution in [0.1, 0.15) is 0 Å². The molecule has 1 aliphatic heterocycles. The van der Waals surface area contributed by atoms with Crippen molar-refractivity contribution >= 4 is 0 Å². The smallest absolute Gasteiger partial charge is 0.0963 e. The molecule has 0 aromatic heterocycles. The van der Waals surface area contributed by atoms with E-state index in [1.807, 2.05) is 0 Å². The van der Waals surface area contributed by atoms with E-state index in [0.29, 0.717) is 5.92 Å². The summed E-state index contributed by atoms with van der Waals surface area (Å²) in [5.41, 5.74) is 0. The Labute approximate surface area is 86.1 Å². The van der Waals surface area contributed by atoms with Gasteiger partial charge in [-0.25, -0.2) is 0 Å². The monoisotopic (exact) mass is 203 g/mol. The van der Waals surface area contributed by atoms with E-state index in [9.17, 15) is 0 Å². The Kier molecular flexibility index (Phi) is 4.81. The standard InChI is InChI=1S/C10H21NO3/c1-11-5-8(7-12-2)10(14-4)9(6-11)13-3/h8-10H,5-7H2,1-4H3. The maximum Gasteiger partial charge on any atom is 0.0963 e. The second kappa shape index (κ2) is 5.66. The summed E-state index contributed by atoms with van der Waals surface area (Å²) in [7, 11) is 7.30. The molecule has 0 amide bonds. The van der Waals surface area contributed by atoms with Gasteiger partial charge in [0.1, 0.15) is 0 Å². The maximum atomic E-state index is 5.48. The predicted molar refractivity (Wildman–Crippen MR) is 54.5 cm³/mol. The van der Waals surface area contributed by atoms with Gasteiger partial charge in [-0.2, -0.15) is 0 Å². The van der Waals surface area contributed by atoms with Gasteiger partial charge in [-0.15, -0.1) is 0 Å². The average Bonchev–Trinajstić information content (AvgIpc) is 2.17. The highest BCUT2D eigenvalue weighted by molar-refractivity contribution is 4.87. The fraction of sp³-hybridized carbons (Fsp3) is 1.00. The summed E-state index contributed by atoms with van der Waals surface area (Å²) in [6.07, 6.45) is 0.301. The Balaban J connectivity index is 2.60. The van der Waals surface area contributed by atoms with Crippen molar-refractivity contribution in [3.8, 4) is 0 Å². The Hall–Kier alpha value is -0.160. The maximum absolute atomic E-state index is 5.48. The van der Waals surface area contributed by atoms with Gasteiger partial charge in [-0.1, -0.05) is 0 Å². The lowest BCUT2D eigenvalue weighted by molar-refractivity contribution is -0.117. The van der Waals surface area contributed by atoms with Crippen LogP contribution >= 0.6 is 0 Å². The van der Waals surface area contributed by atoms with Crippen molar-refractivity contribution in [1.29, 1.82) is 0 Å². The number of methoxy groups -OCH3 is 3. The molecule has 3 unspecified atom stereocenters. The van der Waals surface area contributed by atoms with E-state index >= 15 is 0 Å². The van der Waals surface area contributed by atoms with Crippen LogP contribution in [0.4, 0.5) is 0 Å². The number of likely N-dealkylation sites (N-methyl/N-ethyl adjacent to an activating group) is 1. The van der Waals surface area contributed by atoms with Gasteiger partial charge in [0, 0.05) is 40.3 Å². The molecule has 0 radical (unpaired) electrons. The lowest BCUT2D eigenvalue weighted by atomic mass is 9.93. The number of ether oxygens (including phenoxy) is 3. The lowest BCUT2D eigenvalue weighted by Crippen LogP contribution is -2.53. The molecule has 0 spiro atoms. The van der Waals surface area contributed by atoms with Gasteiger partial charge in [0.25, 0.3) is 0 Å². The molecular weight excluding hydrogens is 182 g/mol. The van der Waals surface area contributed by atoms with Gasteiger partial charge in [0.05, 0.1) is 18.8 Å². The molecular formula is C10H21NO3. The summed E-state index contributed by atoms with van der Waals surface area (Å²) in [6, 6.07) is 0. The van der Waals surface area contributed by atoms with Gasteiger partial charge < -0.3 is 19.1 Å². The summed E-state index contributed by atoms with van der Waals surface area (Å²) in [5, 5.41) is 0. The summed E-state index contributed by atoms with van der Waals surface area (Å²) >= 11 is 0. The molecule has 1 saturated heterocycles. The normalized spacial score (nSPS) is 34.7. The highest BCUT2D eigenvalue weighted by atomic mass is 16.5. The van der Waals surface area contributed by atoms with Crippen LogP contribution in [0.3, 0.4) is 0 Å². The number of rotatable bonds is 4. The van der Waals surface area contributed by atoms with Crippen LogP contribution in [0.25, 0.3) is 0 Å². The summed E-state index contributed by atoms with van der Waals surface area (Å²) < 4.78 is 16.1. The molecule has 0 aromatic carbocycles. The number of nitrogens with zero attached hydrogens (tertiary/aromatic N) is 1. The van der Waals surface area contributed by atoms with Crippen LogP contribution in [-0.2, 0) is 14.2 Å². The van der Waals surface area contributed by atoms with Gasteiger partial charge >= 0.3 is 0 Å². The van der Waals surface area contributed by atoms with Crippen molar-refractivity contribution in [3.63, 3.8) is 0 Å². The molecule has 1 heterocycles. The first kappa shape index (κ1) is 11.9. The van der Waals surface area contributed by atoms with E-state index in [1.54, 1.807) is 21.3 Å². The Morgan fingerprint density at radius 1 is 1.14 bits per heavy atom. The van der Waals surface area contributed by atoms with Gasteiger partial charge in [-0.05, 0) is 7.05 Å². The zero-order valence-corrected chi connectivity index (χ0v) is 9.53. The third kappa shape index (κ3) is 2.67. The second-order valence-electron chi connectivity index (χ2n) is 3.91. The molecule has 1 aliphatic rings. The highest BCUT2D eigenvalue weighted by Crippen LogP contribution is 2.21. The zero-order valence-electron chi connectivity index (χ0n) is 9.53. The van der Waals surface area contributed by atoms with Gasteiger partial charge in [0.15, 0.2) is 0 Å². The van der Waals surface area contributed by atoms with Crippen LogP contribution in [0, 0.1) is 5.92 Å². The molecule has 14 heavy (non-hydrogen) atoms. The molecule has 0 N–H and O–H groups in total. The van der Waals surface area contributed by atoms with E-state index in [2.05, 4.69) is 11.9 Å². The summed E-state index contributed by atoms with van der Waals surface area (Å²) in [6.45, 7) is 2.66. The van der Waals surface area contributed by atoms with Crippen molar-refractivity contribution in [2.75, 3.05) is 48.1 Å². The molecule has 4 heteroatoms. The minimum atomic E-state index is 0.149. The molecule has 84 valence electrons. The molecule has 0 aliphatic carbocycles. The van der Waals surface area contributed by atoms with Crippen LogP contribution in [-0.4, -0.2) is 65.2 Å². The summed E-state index contributed by atoms with van der Waals surface area (Å²) in [4.78, 5) is 2.26. The molecule has 0 aromatic rings. The number of likely N-dealkylation sites (tertiary alicyclic amines) is 1. The van der Waals surface area contributed by atoms with Crippen molar-refractivity contribution in [2.24, 2.45) is 5.92 Å². The van der Waals surface area contributed by atoms with Crippen LogP contribution < -0.4 is 0 Å². The summed E-state index contributed by atoms with van der Waals surface area (Å²) in [5.74, 6) is 0.397. The van der Waals surface area contributed by atoms with Gasteiger partial charge in [0.2, 0.25) is 0 Å². The van der Waals surface area contributed by atoms with E-state index in [0.717, 1.165) is 19.7 Å². The van der Waals surface area contributed by atoms with Gasteiger partial charge in [-0.3, -0.25) is 0 Å². The fourth-order valence-electron chi connectivity index (χ4n) is 2.21.